The maximum atomic E-state index is 11.8. The molecule has 5 nitrogen and oxygen atoms in total. The van der Waals surface area contributed by atoms with Crippen LogP contribution in [0.3, 0.4) is 0 Å². The Hall–Kier alpha value is -0.980. The molecule has 0 radical (unpaired) electrons. The van der Waals surface area contributed by atoms with Gasteiger partial charge < -0.3 is 10.6 Å². The molecule has 0 aliphatic carbocycles. The Morgan fingerprint density at radius 2 is 2.42 bits per heavy atom. The molecule has 1 aromatic heterocycles. The number of hydrogen-bond donors (Lipinski definition) is 2. The Kier molecular flexibility index (Phi) is 5.75. The number of amides is 1. The van der Waals surface area contributed by atoms with Gasteiger partial charge in [-0.3, -0.25) is 9.69 Å². The number of rotatable bonds is 5. The van der Waals surface area contributed by atoms with Crippen molar-refractivity contribution in [3.63, 3.8) is 0 Å². The van der Waals surface area contributed by atoms with Gasteiger partial charge in [0.2, 0.25) is 5.91 Å². The first kappa shape index (κ1) is 14.4. The van der Waals surface area contributed by atoms with Gasteiger partial charge in [0.25, 0.3) is 0 Å². The summed E-state index contributed by atoms with van der Waals surface area (Å²) in [6.07, 6.45) is 1.93. The van der Waals surface area contributed by atoms with Crippen LogP contribution in [-0.4, -0.2) is 55.1 Å². The average molecular weight is 282 g/mol. The molecule has 0 aromatic carbocycles. The molecule has 0 unspecified atom stereocenters. The molecular formula is C13H22N4OS. The third kappa shape index (κ3) is 5.26. The lowest BCUT2D eigenvalue weighted by molar-refractivity contribution is -0.122. The summed E-state index contributed by atoms with van der Waals surface area (Å²) in [5, 5.41) is 9.45. The molecule has 0 spiro atoms. The number of aromatic nitrogens is 1. The van der Waals surface area contributed by atoms with Gasteiger partial charge in [0, 0.05) is 31.4 Å². The van der Waals surface area contributed by atoms with E-state index in [2.05, 4.69) is 25.9 Å². The lowest BCUT2D eigenvalue weighted by Gasteiger charge is -2.18. The van der Waals surface area contributed by atoms with Crippen molar-refractivity contribution in [2.24, 2.45) is 0 Å². The standard InChI is InChI=1S/C13H22N4OS/c1-11-16-12(10-19-11)3-5-15-13(18)9-17-7-2-4-14-6-8-17/h10,14H,2-9H2,1H3,(H,15,18). The first-order chi connectivity index (χ1) is 9.24. The highest BCUT2D eigenvalue weighted by atomic mass is 32.1. The minimum Gasteiger partial charge on any atom is -0.355 e. The van der Waals surface area contributed by atoms with E-state index in [1.807, 2.05) is 6.92 Å². The Morgan fingerprint density at radius 3 is 3.21 bits per heavy atom. The van der Waals surface area contributed by atoms with Crippen molar-refractivity contribution in [3.05, 3.63) is 16.1 Å². The van der Waals surface area contributed by atoms with Gasteiger partial charge in [-0.05, 0) is 26.4 Å². The minimum atomic E-state index is 0.119. The molecule has 106 valence electrons. The van der Waals surface area contributed by atoms with Crippen molar-refractivity contribution in [2.75, 3.05) is 39.3 Å². The van der Waals surface area contributed by atoms with Gasteiger partial charge in [-0.1, -0.05) is 0 Å². The van der Waals surface area contributed by atoms with Crippen molar-refractivity contribution in [1.29, 1.82) is 0 Å². The number of aryl methyl sites for hydroxylation is 1. The average Bonchev–Trinajstić information content (AvgIpc) is 2.63. The van der Waals surface area contributed by atoms with E-state index in [1.54, 1.807) is 11.3 Å². The van der Waals surface area contributed by atoms with E-state index in [0.29, 0.717) is 13.1 Å². The molecule has 1 saturated heterocycles. The third-order valence-electron chi connectivity index (χ3n) is 3.17. The summed E-state index contributed by atoms with van der Waals surface area (Å²) in [7, 11) is 0. The van der Waals surface area contributed by atoms with Crippen LogP contribution in [0.25, 0.3) is 0 Å². The van der Waals surface area contributed by atoms with E-state index >= 15 is 0 Å². The lowest BCUT2D eigenvalue weighted by atomic mass is 10.3. The molecule has 0 bridgehead atoms. The third-order valence-corrected chi connectivity index (χ3v) is 3.99. The van der Waals surface area contributed by atoms with E-state index in [9.17, 15) is 4.79 Å². The van der Waals surface area contributed by atoms with Gasteiger partial charge in [-0.15, -0.1) is 11.3 Å². The van der Waals surface area contributed by atoms with E-state index in [4.69, 9.17) is 0 Å². The zero-order valence-corrected chi connectivity index (χ0v) is 12.3. The first-order valence-electron chi connectivity index (χ1n) is 6.85. The van der Waals surface area contributed by atoms with E-state index in [0.717, 1.165) is 49.7 Å². The molecule has 0 saturated carbocycles. The topological polar surface area (TPSA) is 57.3 Å². The normalized spacial score (nSPS) is 17.1. The number of thiazole rings is 1. The van der Waals surface area contributed by atoms with Gasteiger partial charge in [0.05, 0.1) is 17.2 Å². The monoisotopic (exact) mass is 282 g/mol. The largest absolute Gasteiger partial charge is 0.355 e. The van der Waals surface area contributed by atoms with Crippen molar-refractivity contribution in [3.8, 4) is 0 Å². The summed E-state index contributed by atoms with van der Waals surface area (Å²) in [4.78, 5) is 18.4. The molecule has 19 heavy (non-hydrogen) atoms. The molecule has 2 rings (SSSR count). The Balaban J connectivity index is 1.63. The number of nitrogens with one attached hydrogen (secondary N) is 2. The zero-order chi connectivity index (χ0) is 13.5. The van der Waals surface area contributed by atoms with Gasteiger partial charge in [0.1, 0.15) is 0 Å². The van der Waals surface area contributed by atoms with E-state index < -0.39 is 0 Å². The number of carbonyl (C=O) groups excluding carboxylic acids is 1. The minimum absolute atomic E-state index is 0.119. The van der Waals surface area contributed by atoms with Crippen LogP contribution >= 0.6 is 11.3 Å². The van der Waals surface area contributed by atoms with Crippen LogP contribution < -0.4 is 10.6 Å². The fraction of sp³-hybridized carbons (Fsp3) is 0.692. The molecule has 1 fully saturated rings. The van der Waals surface area contributed by atoms with Gasteiger partial charge in [0.15, 0.2) is 0 Å². The molecule has 1 amide bonds. The fourth-order valence-electron chi connectivity index (χ4n) is 2.17. The molecule has 1 aliphatic rings. The van der Waals surface area contributed by atoms with Crippen LogP contribution in [0.5, 0.6) is 0 Å². The predicted molar refractivity (Wildman–Crippen MR) is 77.5 cm³/mol. The molecular weight excluding hydrogens is 260 g/mol. The van der Waals surface area contributed by atoms with Gasteiger partial charge >= 0.3 is 0 Å². The number of hydrogen-bond acceptors (Lipinski definition) is 5. The highest BCUT2D eigenvalue weighted by Crippen LogP contribution is 2.07. The lowest BCUT2D eigenvalue weighted by Crippen LogP contribution is -2.39. The summed E-state index contributed by atoms with van der Waals surface area (Å²) >= 11 is 1.66. The van der Waals surface area contributed by atoms with Crippen molar-refractivity contribution in [1.82, 2.24) is 20.5 Å². The Labute approximate surface area is 118 Å². The molecule has 2 heterocycles. The van der Waals surface area contributed by atoms with Crippen molar-refractivity contribution >= 4 is 17.2 Å². The van der Waals surface area contributed by atoms with Gasteiger partial charge in [-0.2, -0.15) is 0 Å². The molecule has 6 heteroatoms. The zero-order valence-electron chi connectivity index (χ0n) is 11.4. The summed E-state index contributed by atoms with van der Waals surface area (Å²) in [5.74, 6) is 0.119. The summed E-state index contributed by atoms with van der Waals surface area (Å²) in [5.41, 5.74) is 1.07. The second-order valence-electron chi connectivity index (χ2n) is 4.84. The second kappa shape index (κ2) is 7.57. The second-order valence-corrected chi connectivity index (χ2v) is 5.90. The van der Waals surface area contributed by atoms with Crippen LogP contribution in [0, 0.1) is 6.92 Å². The molecule has 1 aromatic rings. The van der Waals surface area contributed by atoms with Crippen LogP contribution in [-0.2, 0) is 11.2 Å². The summed E-state index contributed by atoms with van der Waals surface area (Å²) in [6.45, 7) is 7.18. The highest BCUT2D eigenvalue weighted by Gasteiger charge is 2.12. The SMILES string of the molecule is Cc1nc(CCNC(=O)CN2CCCNCC2)cs1. The van der Waals surface area contributed by atoms with Crippen molar-refractivity contribution < 1.29 is 4.79 Å². The maximum Gasteiger partial charge on any atom is 0.234 e. The number of carbonyl (C=O) groups is 1. The quantitative estimate of drug-likeness (QED) is 0.821. The van der Waals surface area contributed by atoms with Crippen LogP contribution in [0.15, 0.2) is 5.38 Å². The predicted octanol–water partition coefficient (Wildman–Crippen LogP) is 0.406. The molecule has 0 atom stereocenters. The van der Waals surface area contributed by atoms with Crippen LogP contribution in [0.2, 0.25) is 0 Å². The van der Waals surface area contributed by atoms with Gasteiger partial charge in [-0.25, -0.2) is 4.98 Å². The summed E-state index contributed by atoms with van der Waals surface area (Å²) < 4.78 is 0. The fourth-order valence-corrected chi connectivity index (χ4v) is 2.82. The van der Waals surface area contributed by atoms with Crippen LogP contribution in [0.4, 0.5) is 0 Å². The summed E-state index contributed by atoms with van der Waals surface area (Å²) in [6, 6.07) is 0. The molecule has 1 aliphatic heterocycles. The Bertz CT molecular complexity index is 399. The maximum absolute atomic E-state index is 11.8. The van der Waals surface area contributed by atoms with E-state index in [-0.39, 0.29) is 5.91 Å². The van der Waals surface area contributed by atoms with E-state index in [1.165, 1.54) is 0 Å². The smallest absolute Gasteiger partial charge is 0.234 e. The highest BCUT2D eigenvalue weighted by molar-refractivity contribution is 7.09. The number of nitrogens with zero attached hydrogens (tertiary/aromatic N) is 2. The van der Waals surface area contributed by atoms with Crippen LogP contribution in [0.1, 0.15) is 17.1 Å². The molecule has 2 N–H and O–H groups in total. The first-order valence-corrected chi connectivity index (χ1v) is 7.73. The van der Waals surface area contributed by atoms with Crippen molar-refractivity contribution in [2.45, 2.75) is 19.8 Å². The Morgan fingerprint density at radius 1 is 1.53 bits per heavy atom.